The molecule has 0 radical (unpaired) electrons. The molecule has 2 fully saturated rings. The number of hydrogen-bond acceptors (Lipinski definition) is 6. The molecule has 10 heteroatoms. The van der Waals surface area contributed by atoms with Crippen molar-refractivity contribution in [1.29, 1.82) is 0 Å². The maximum Gasteiger partial charge on any atom is 0.325 e. The van der Waals surface area contributed by atoms with Crippen molar-refractivity contribution in [3.8, 4) is 5.75 Å². The fourth-order valence-corrected chi connectivity index (χ4v) is 3.50. The zero-order valence-electron chi connectivity index (χ0n) is 17.2. The van der Waals surface area contributed by atoms with Gasteiger partial charge in [-0.05, 0) is 30.5 Å². The minimum absolute atomic E-state index is 0.00417. The molecule has 2 aliphatic heterocycles. The molecule has 3 unspecified atom stereocenters. The van der Waals surface area contributed by atoms with Gasteiger partial charge >= 0.3 is 6.03 Å². The van der Waals surface area contributed by atoms with Crippen LogP contribution in [-0.4, -0.2) is 89.6 Å². The fourth-order valence-electron chi connectivity index (χ4n) is 3.50. The van der Waals surface area contributed by atoms with Crippen LogP contribution in [0.4, 0.5) is 4.79 Å². The van der Waals surface area contributed by atoms with Crippen LogP contribution >= 0.6 is 0 Å². The van der Waals surface area contributed by atoms with Crippen LogP contribution < -0.4 is 15.4 Å². The van der Waals surface area contributed by atoms with Gasteiger partial charge in [-0.1, -0.05) is 19.1 Å². The Bertz CT molecular complexity index is 802. The number of β-amino-alcohol motifs (C(OH)–C–C–N with tert-alkyl or cyclic N) is 1. The predicted octanol–water partition coefficient (Wildman–Crippen LogP) is -0.491. The molecule has 2 aliphatic rings. The number of carbonyl (C=O) groups excluding carboxylic acids is 2. The molecule has 4 N–H and O–H groups in total. The van der Waals surface area contributed by atoms with Crippen LogP contribution in [0.25, 0.3) is 0 Å². The number of hydrogen-bond donors (Lipinski definition) is 4. The number of ether oxygens (including phenoxy) is 1. The van der Waals surface area contributed by atoms with Crippen LogP contribution in [0, 0.1) is 0 Å². The highest BCUT2D eigenvalue weighted by Crippen LogP contribution is 2.21. The number of nitrogens with zero attached hydrogens (tertiary/aromatic N) is 3. The molecule has 10 nitrogen and oxygen atoms in total. The summed E-state index contributed by atoms with van der Waals surface area (Å²) < 4.78 is 5.72. The molecular weight excluding hydrogens is 390 g/mol. The summed E-state index contributed by atoms with van der Waals surface area (Å²) in [5.74, 6) is 0.623. The standard InChI is InChI=1S/C20H29N5O5/c1-3-13-6-4-7-15(10-13)30-12-14(27)11-25-16-17(22-19(25)21-8-5-9-26)24(2)20(29)23-18(16)28/h4,6-7,10,14,16-17,26-27H,3,5,8-9,11-12H2,1-2H3,(H,21,22)(H,23,28,29). The van der Waals surface area contributed by atoms with Gasteiger partial charge in [0.25, 0.3) is 5.91 Å². The van der Waals surface area contributed by atoms with Crippen LogP contribution in [0.3, 0.4) is 0 Å². The number of rotatable bonds is 9. The van der Waals surface area contributed by atoms with Crippen molar-refractivity contribution >= 4 is 17.9 Å². The number of carbonyl (C=O) groups is 2. The maximum absolute atomic E-state index is 12.5. The van der Waals surface area contributed by atoms with E-state index in [1.54, 1.807) is 11.9 Å². The van der Waals surface area contributed by atoms with E-state index in [4.69, 9.17) is 9.84 Å². The molecule has 30 heavy (non-hydrogen) atoms. The lowest BCUT2D eigenvalue weighted by atomic mass is 10.1. The number of aliphatic hydroxyl groups is 2. The third-order valence-corrected chi connectivity index (χ3v) is 5.15. The Morgan fingerprint density at radius 3 is 2.87 bits per heavy atom. The largest absolute Gasteiger partial charge is 0.491 e. The number of fused-ring (bicyclic) bond motifs is 1. The molecule has 3 amide bonds. The Hall–Kier alpha value is -2.85. The molecular formula is C20H29N5O5. The van der Waals surface area contributed by atoms with Gasteiger partial charge in [0.15, 0.2) is 12.0 Å². The second kappa shape index (κ2) is 9.77. The van der Waals surface area contributed by atoms with E-state index in [1.807, 2.05) is 24.3 Å². The average molecular weight is 419 g/mol. The minimum atomic E-state index is -0.894. The number of aliphatic hydroxyl groups excluding tert-OH is 2. The summed E-state index contributed by atoms with van der Waals surface area (Å²) in [5.41, 5.74) is 1.14. The summed E-state index contributed by atoms with van der Waals surface area (Å²) >= 11 is 0. The highest BCUT2D eigenvalue weighted by Gasteiger charge is 2.50. The van der Waals surface area contributed by atoms with Crippen molar-refractivity contribution < 1.29 is 24.5 Å². The van der Waals surface area contributed by atoms with E-state index in [0.29, 0.717) is 24.7 Å². The SMILES string of the molecule is CCc1cccc(OCC(O)CN2C(=NCCCO)NC3C2C(=O)NC(=O)N3C)c1. The first-order chi connectivity index (χ1) is 14.4. The van der Waals surface area contributed by atoms with Gasteiger partial charge in [0.05, 0.1) is 6.54 Å². The van der Waals surface area contributed by atoms with E-state index in [2.05, 4.69) is 22.5 Å². The lowest BCUT2D eigenvalue weighted by molar-refractivity contribution is -0.127. The second-order valence-corrected chi connectivity index (χ2v) is 7.34. The Morgan fingerprint density at radius 1 is 1.33 bits per heavy atom. The minimum Gasteiger partial charge on any atom is -0.491 e. The highest BCUT2D eigenvalue weighted by atomic mass is 16.5. The van der Waals surface area contributed by atoms with Crippen LogP contribution in [0.5, 0.6) is 5.75 Å². The van der Waals surface area contributed by atoms with Crippen molar-refractivity contribution in [3.05, 3.63) is 29.8 Å². The van der Waals surface area contributed by atoms with Crippen molar-refractivity contribution in [2.45, 2.75) is 38.1 Å². The van der Waals surface area contributed by atoms with E-state index < -0.39 is 30.2 Å². The number of benzene rings is 1. The zero-order valence-corrected chi connectivity index (χ0v) is 17.2. The molecule has 0 aromatic heterocycles. The Balaban J connectivity index is 1.70. The number of aryl methyl sites for hydroxylation is 1. The number of amides is 3. The first-order valence-electron chi connectivity index (χ1n) is 10.1. The quantitative estimate of drug-likeness (QED) is 0.398. The topological polar surface area (TPSA) is 127 Å². The number of guanidine groups is 1. The molecule has 0 saturated carbocycles. The van der Waals surface area contributed by atoms with Crippen molar-refractivity contribution in [2.24, 2.45) is 4.99 Å². The summed E-state index contributed by atoms with van der Waals surface area (Å²) in [7, 11) is 1.58. The predicted molar refractivity (Wildman–Crippen MR) is 110 cm³/mol. The molecule has 164 valence electrons. The average Bonchev–Trinajstić information content (AvgIpc) is 3.09. The molecule has 1 aromatic carbocycles. The normalized spacial score (nSPS) is 23.3. The van der Waals surface area contributed by atoms with Gasteiger partial charge in [-0.2, -0.15) is 0 Å². The Labute approximate surface area is 175 Å². The fraction of sp³-hybridized carbons (Fsp3) is 0.550. The molecule has 0 spiro atoms. The van der Waals surface area contributed by atoms with Crippen molar-refractivity contribution in [3.63, 3.8) is 0 Å². The van der Waals surface area contributed by atoms with E-state index in [1.165, 1.54) is 4.90 Å². The maximum atomic E-state index is 12.5. The van der Waals surface area contributed by atoms with Gasteiger partial charge in [0.1, 0.15) is 24.6 Å². The molecule has 2 saturated heterocycles. The highest BCUT2D eigenvalue weighted by molar-refractivity contribution is 6.04. The van der Waals surface area contributed by atoms with Gasteiger partial charge in [-0.25, -0.2) is 4.79 Å². The number of likely N-dealkylation sites (N-methyl/N-ethyl adjacent to an activating group) is 1. The third-order valence-electron chi connectivity index (χ3n) is 5.15. The molecule has 3 atom stereocenters. The summed E-state index contributed by atoms with van der Waals surface area (Å²) in [6, 6.07) is 6.45. The molecule has 0 aliphatic carbocycles. The molecule has 0 bridgehead atoms. The molecule has 2 heterocycles. The van der Waals surface area contributed by atoms with Crippen LogP contribution in [0.15, 0.2) is 29.3 Å². The Morgan fingerprint density at radius 2 is 2.13 bits per heavy atom. The van der Waals surface area contributed by atoms with Crippen LogP contribution in [0.2, 0.25) is 0 Å². The first-order valence-corrected chi connectivity index (χ1v) is 10.1. The lowest BCUT2D eigenvalue weighted by Gasteiger charge is -2.35. The number of nitrogens with one attached hydrogen (secondary N) is 2. The van der Waals surface area contributed by atoms with Gasteiger partial charge < -0.3 is 30.1 Å². The van der Waals surface area contributed by atoms with Gasteiger partial charge in [0.2, 0.25) is 0 Å². The summed E-state index contributed by atoms with van der Waals surface area (Å²) in [6.45, 7) is 2.54. The number of urea groups is 1. The van der Waals surface area contributed by atoms with Crippen molar-refractivity contribution in [1.82, 2.24) is 20.4 Å². The zero-order chi connectivity index (χ0) is 21.7. The van der Waals surface area contributed by atoms with Gasteiger partial charge in [0, 0.05) is 20.2 Å². The van der Waals surface area contributed by atoms with E-state index in [0.717, 1.165) is 12.0 Å². The monoisotopic (exact) mass is 419 g/mol. The third kappa shape index (κ3) is 4.82. The summed E-state index contributed by atoms with van der Waals surface area (Å²) in [6.07, 6.45) is -0.130. The second-order valence-electron chi connectivity index (χ2n) is 7.34. The smallest absolute Gasteiger partial charge is 0.325 e. The number of aliphatic imine (C=N–C) groups is 1. The van der Waals surface area contributed by atoms with E-state index in [9.17, 15) is 14.7 Å². The van der Waals surface area contributed by atoms with Crippen molar-refractivity contribution in [2.75, 3.05) is 33.4 Å². The molecule has 1 aromatic rings. The van der Waals surface area contributed by atoms with Crippen LogP contribution in [-0.2, 0) is 11.2 Å². The first kappa shape index (κ1) is 21.8. The lowest BCUT2D eigenvalue weighted by Crippen LogP contribution is -2.65. The van der Waals surface area contributed by atoms with E-state index >= 15 is 0 Å². The van der Waals surface area contributed by atoms with Gasteiger partial charge in [-0.15, -0.1) is 0 Å². The molecule has 3 rings (SSSR count). The van der Waals surface area contributed by atoms with Gasteiger partial charge in [-0.3, -0.25) is 15.1 Å². The summed E-state index contributed by atoms with van der Waals surface area (Å²) in [4.78, 5) is 31.9. The summed E-state index contributed by atoms with van der Waals surface area (Å²) in [5, 5.41) is 25.0. The van der Waals surface area contributed by atoms with Crippen LogP contribution in [0.1, 0.15) is 18.9 Å². The number of imide groups is 1. The van der Waals surface area contributed by atoms with E-state index in [-0.39, 0.29) is 19.8 Å². The Kier molecular flexibility index (Phi) is 7.11.